The summed E-state index contributed by atoms with van der Waals surface area (Å²) in [6.07, 6.45) is 8.90. The van der Waals surface area contributed by atoms with Gasteiger partial charge in [0.2, 0.25) is 11.8 Å². The van der Waals surface area contributed by atoms with E-state index in [4.69, 9.17) is 0 Å². The van der Waals surface area contributed by atoms with E-state index in [-0.39, 0.29) is 23.9 Å². The molecule has 3 aliphatic rings. The molecular weight excluding hydrogens is 388 g/mol. The lowest BCUT2D eigenvalue weighted by molar-refractivity contribution is -0.149. The fourth-order valence-corrected chi connectivity index (χ4v) is 5.54. The minimum absolute atomic E-state index is 0.227. The van der Waals surface area contributed by atoms with E-state index in [1.165, 1.54) is 0 Å². The molecule has 168 valence electrons. The van der Waals surface area contributed by atoms with Crippen LogP contribution in [0.1, 0.15) is 77.0 Å². The van der Waals surface area contributed by atoms with E-state index in [1.54, 1.807) is 0 Å². The molecule has 6 atom stereocenters. The molecule has 0 heterocycles. The highest BCUT2D eigenvalue weighted by atomic mass is 16.4. The van der Waals surface area contributed by atoms with Crippen molar-refractivity contribution in [2.24, 2.45) is 23.7 Å². The zero-order chi connectivity index (χ0) is 21.7. The Labute approximate surface area is 177 Å². The third-order valence-corrected chi connectivity index (χ3v) is 7.26. The third kappa shape index (κ3) is 5.32. The lowest BCUT2D eigenvalue weighted by atomic mass is 9.77. The van der Waals surface area contributed by atoms with E-state index in [9.17, 15) is 29.4 Å². The van der Waals surface area contributed by atoms with Crippen LogP contribution in [-0.2, 0) is 19.2 Å². The Balaban J connectivity index is 1.63. The standard InChI is InChI=1S/C22H34N2O6/c25-19(13-7-1-3-9-15(13)21(27)28)23-17-11-5-6-12-18(17)24-20(26)14-8-2-4-10-16(14)22(29)30/h13-18H,1-12H2,(H,23,25)(H,24,26)(H,27,28)(H,29,30)/t13-,14-,15-,16-,17+,18+/m1/s1. The van der Waals surface area contributed by atoms with Gasteiger partial charge in [-0.05, 0) is 38.5 Å². The van der Waals surface area contributed by atoms with Crippen molar-refractivity contribution < 1.29 is 29.4 Å². The first-order chi connectivity index (χ1) is 14.4. The van der Waals surface area contributed by atoms with E-state index in [0.29, 0.717) is 25.7 Å². The normalized spacial score (nSPS) is 34.5. The maximum atomic E-state index is 12.9. The third-order valence-electron chi connectivity index (χ3n) is 7.26. The number of hydrogen-bond donors (Lipinski definition) is 4. The highest BCUT2D eigenvalue weighted by Gasteiger charge is 2.40. The summed E-state index contributed by atoms with van der Waals surface area (Å²) in [6.45, 7) is 0. The Bertz CT molecular complexity index is 610. The van der Waals surface area contributed by atoms with E-state index in [2.05, 4.69) is 10.6 Å². The van der Waals surface area contributed by atoms with Gasteiger partial charge in [0, 0.05) is 12.1 Å². The summed E-state index contributed by atoms with van der Waals surface area (Å²) in [4.78, 5) is 48.9. The summed E-state index contributed by atoms with van der Waals surface area (Å²) < 4.78 is 0. The Morgan fingerprint density at radius 3 is 1.13 bits per heavy atom. The van der Waals surface area contributed by atoms with Gasteiger partial charge in [0.05, 0.1) is 23.7 Å². The quantitative estimate of drug-likeness (QED) is 0.519. The van der Waals surface area contributed by atoms with Gasteiger partial charge in [-0.2, -0.15) is 0 Å². The van der Waals surface area contributed by atoms with Gasteiger partial charge in [-0.15, -0.1) is 0 Å². The number of hydrogen-bond acceptors (Lipinski definition) is 4. The van der Waals surface area contributed by atoms with Crippen molar-refractivity contribution in [1.82, 2.24) is 10.6 Å². The summed E-state index contributed by atoms with van der Waals surface area (Å²) in [6, 6.07) is -0.475. The first kappa shape index (κ1) is 22.6. The largest absolute Gasteiger partial charge is 0.481 e. The highest BCUT2D eigenvalue weighted by Crippen LogP contribution is 2.32. The Morgan fingerprint density at radius 1 is 0.500 bits per heavy atom. The zero-order valence-electron chi connectivity index (χ0n) is 17.5. The molecule has 0 aliphatic heterocycles. The van der Waals surface area contributed by atoms with E-state index >= 15 is 0 Å². The predicted molar refractivity (Wildman–Crippen MR) is 108 cm³/mol. The summed E-state index contributed by atoms with van der Waals surface area (Å²) in [7, 11) is 0. The average molecular weight is 423 g/mol. The SMILES string of the molecule is O=C(O)[C@@H]1CCCC[C@H]1C(=O)N[C@H]1CCCC[C@@H]1NC(=O)[C@@H]1CCCC[C@H]1C(=O)O. The van der Waals surface area contributed by atoms with Crippen molar-refractivity contribution in [3.05, 3.63) is 0 Å². The molecule has 0 bridgehead atoms. The molecule has 2 amide bonds. The van der Waals surface area contributed by atoms with Gasteiger partial charge >= 0.3 is 11.9 Å². The number of carbonyl (C=O) groups excluding carboxylic acids is 2. The lowest BCUT2D eigenvalue weighted by Crippen LogP contribution is -2.56. The molecule has 3 fully saturated rings. The number of carboxylic acid groups (broad SMARTS) is 2. The number of nitrogens with one attached hydrogen (secondary N) is 2. The molecule has 0 saturated heterocycles. The van der Waals surface area contributed by atoms with Crippen LogP contribution in [0.4, 0.5) is 0 Å². The number of aliphatic carboxylic acids is 2. The van der Waals surface area contributed by atoms with Crippen molar-refractivity contribution >= 4 is 23.8 Å². The molecule has 0 aromatic carbocycles. The fourth-order valence-electron chi connectivity index (χ4n) is 5.54. The summed E-state index contributed by atoms with van der Waals surface area (Å²) in [5.41, 5.74) is 0. The highest BCUT2D eigenvalue weighted by molar-refractivity contribution is 5.86. The molecule has 8 nitrogen and oxygen atoms in total. The van der Waals surface area contributed by atoms with Gasteiger partial charge in [-0.25, -0.2) is 0 Å². The van der Waals surface area contributed by atoms with Crippen LogP contribution in [0.25, 0.3) is 0 Å². The first-order valence-corrected chi connectivity index (χ1v) is 11.4. The van der Waals surface area contributed by atoms with Crippen molar-refractivity contribution in [2.45, 2.75) is 89.1 Å². The van der Waals surface area contributed by atoms with Crippen LogP contribution in [-0.4, -0.2) is 46.0 Å². The second-order valence-electron chi connectivity index (χ2n) is 9.19. The van der Waals surface area contributed by atoms with Gasteiger partial charge in [0.25, 0.3) is 0 Å². The van der Waals surface area contributed by atoms with Crippen LogP contribution < -0.4 is 10.6 Å². The van der Waals surface area contributed by atoms with Crippen LogP contribution in [0.5, 0.6) is 0 Å². The van der Waals surface area contributed by atoms with Gasteiger partial charge in [0.1, 0.15) is 0 Å². The monoisotopic (exact) mass is 422 g/mol. The number of amides is 2. The van der Waals surface area contributed by atoms with E-state index in [0.717, 1.165) is 51.4 Å². The average Bonchev–Trinajstić information content (AvgIpc) is 2.75. The number of carboxylic acids is 2. The van der Waals surface area contributed by atoms with Gasteiger partial charge < -0.3 is 20.8 Å². The molecular formula is C22H34N2O6. The van der Waals surface area contributed by atoms with Crippen LogP contribution >= 0.6 is 0 Å². The predicted octanol–water partition coefficient (Wildman–Crippen LogP) is 2.31. The summed E-state index contributed by atoms with van der Waals surface area (Å²) >= 11 is 0. The smallest absolute Gasteiger partial charge is 0.307 e. The van der Waals surface area contributed by atoms with E-state index in [1.807, 2.05) is 0 Å². The lowest BCUT2D eigenvalue weighted by Gasteiger charge is -2.37. The zero-order valence-corrected chi connectivity index (χ0v) is 17.5. The number of rotatable bonds is 6. The first-order valence-electron chi connectivity index (χ1n) is 11.4. The van der Waals surface area contributed by atoms with Crippen LogP contribution in [0.3, 0.4) is 0 Å². The summed E-state index contributed by atoms with van der Waals surface area (Å²) in [5, 5.41) is 25.0. The van der Waals surface area contributed by atoms with E-state index < -0.39 is 35.6 Å². The van der Waals surface area contributed by atoms with Gasteiger partial charge in [0.15, 0.2) is 0 Å². The molecule has 30 heavy (non-hydrogen) atoms. The molecule has 0 radical (unpaired) electrons. The van der Waals surface area contributed by atoms with Crippen molar-refractivity contribution in [3.63, 3.8) is 0 Å². The molecule has 0 aromatic rings. The molecule has 4 N–H and O–H groups in total. The van der Waals surface area contributed by atoms with Crippen LogP contribution in [0.15, 0.2) is 0 Å². The van der Waals surface area contributed by atoms with Crippen LogP contribution in [0.2, 0.25) is 0 Å². The Hall–Kier alpha value is -2.12. The van der Waals surface area contributed by atoms with Crippen molar-refractivity contribution in [1.29, 1.82) is 0 Å². The summed E-state index contributed by atoms with van der Waals surface area (Å²) in [5.74, 6) is -4.62. The van der Waals surface area contributed by atoms with Crippen LogP contribution in [0, 0.1) is 23.7 Å². The molecule has 3 rings (SSSR count). The Kier molecular flexibility index (Phi) is 7.72. The molecule has 0 unspecified atom stereocenters. The minimum atomic E-state index is -0.916. The number of carbonyl (C=O) groups is 4. The maximum absolute atomic E-state index is 12.9. The molecule has 0 spiro atoms. The molecule has 0 aromatic heterocycles. The minimum Gasteiger partial charge on any atom is -0.481 e. The second kappa shape index (κ2) is 10.3. The molecule has 3 aliphatic carbocycles. The molecule has 3 saturated carbocycles. The maximum Gasteiger partial charge on any atom is 0.307 e. The van der Waals surface area contributed by atoms with Gasteiger partial charge in [-0.3, -0.25) is 19.2 Å². The van der Waals surface area contributed by atoms with Crippen molar-refractivity contribution in [3.8, 4) is 0 Å². The van der Waals surface area contributed by atoms with Gasteiger partial charge in [-0.1, -0.05) is 38.5 Å². The van der Waals surface area contributed by atoms with Crippen molar-refractivity contribution in [2.75, 3.05) is 0 Å². The topological polar surface area (TPSA) is 133 Å². The fraction of sp³-hybridized carbons (Fsp3) is 0.818. The molecule has 8 heteroatoms. The Morgan fingerprint density at radius 2 is 0.800 bits per heavy atom. The second-order valence-corrected chi connectivity index (χ2v) is 9.19.